The Balaban J connectivity index is 1.50. The number of nitrogens with one attached hydrogen (secondary N) is 4. The lowest BCUT2D eigenvalue weighted by molar-refractivity contribution is -0.122. The van der Waals surface area contributed by atoms with Crippen LogP contribution >= 0.6 is 11.3 Å². The minimum atomic E-state index is -0.832. The van der Waals surface area contributed by atoms with Crippen molar-refractivity contribution in [1.29, 1.82) is 0 Å². The Morgan fingerprint density at radius 1 is 1.19 bits per heavy atom. The van der Waals surface area contributed by atoms with Gasteiger partial charge in [-0.05, 0) is 12.3 Å². The summed E-state index contributed by atoms with van der Waals surface area (Å²) in [5.74, 6) is 0.292. The lowest BCUT2D eigenvalue weighted by atomic mass is 10.1. The van der Waals surface area contributed by atoms with E-state index in [4.69, 9.17) is 0 Å². The Labute approximate surface area is 189 Å². The number of H-pyrrole nitrogens is 1. The Morgan fingerprint density at radius 3 is 2.75 bits per heavy atom. The van der Waals surface area contributed by atoms with Crippen molar-refractivity contribution in [1.82, 2.24) is 40.9 Å². The average molecular weight is 458 g/mol. The molecule has 32 heavy (non-hydrogen) atoms. The molecule has 1 aliphatic rings. The highest BCUT2D eigenvalue weighted by Gasteiger charge is 2.24. The predicted molar refractivity (Wildman–Crippen MR) is 121 cm³/mol. The zero-order valence-corrected chi connectivity index (χ0v) is 18.9. The van der Waals surface area contributed by atoms with Gasteiger partial charge in [-0.2, -0.15) is 0 Å². The molecule has 170 valence electrons. The van der Waals surface area contributed by atoms with E-state index in [2.05, 4.69) is 59.6 Å². The van der Waals surface area contributed by atoms with Gasteiger partial charge in [0.05, 0.1) is 12.4 Å². The van der Waals surface area contributed by atoms with Gasteiger partial charge in [0.15, 0.2) is 22.8 Å². The van der Waals surface area contributed by atoms with Crippen LogP contribution in [0.5, 0.6) is 0 Å². The van der Waals surface area contributed by atoms with E-state index >= 15 is 0 Å². The van der Waals surface area contributed by atoms with Gasteiger partial charge < -0.3 is 25.8 Å². The van der Waals surface area contributed by atoms with Gasteiger partial charge in [0.1, 0.15) is 16.7 Å². The summed E-state index contributed by atoms with van der Waals surface area (Å²) in [6, 6.07) is 0. The summed E-state index contributed by atoms with van der Waals surface area (Å²) in [4.78, 5) is 48.2. The number of carbonyl (C=O) groups is 2. The fourth-order valence-electron chi connectivity index (χ4n) is 3.32. The molecule has 4 rings (SSSR count). The monoisotopic (exact) mass is 457 g/mol. The van der Waals surface area contributed by atoms with E-state index in [1.54, 1.807) is 12.4 Å². The Bertz CT molecular complexity index is 1040. The second-order valence-electron chi connectivity index (χ2n) is 8.03. The molecule has 2 amide bonds. The van der Waals surface area contributed by atoms with Gasteiger partial charge in [0.25, 0.3) is 5.91 Å². The van der Waals surface area contributed by atoms with Gasteiger partial charge in [-0.1, -0.05) is 25.2 Å². The number of hydrogen-bond donors (Lipinski definition) is 4. The molecule has 3 aromatic rings. The van der Waals surface area contributed by atoms with Crippen LogP contribution in [0.4, 0.5) is 5.13 Å². The second-order valence-corrected chi connectivity index (χ2v) is 9.04. The van der Waals surface area contributed by atoms with E-state index in [0.29, 0.717) is 34.2 Å². The van der Waals surface area contributed by atoms with Crippen LogP contribution in [0.3, 0.4) is 0 Å². The largest absolute Gasteiger partial charge is 0.346 e. The van der Waals surface area contributed by atoms with E-state index in [9.17, 15) is 9.59 Å². The lowest BCUT2D eigenvalue weighted by Crippen LogP contribution is -2.43. The van der Waals surface area contributed by atoms with E-state index < -0.39 is 6.17 Å². The smallest absolute Gasteiger partial charge is 0.265 e. The van der Waals surface area contributed by atoms with Crippen molar-refractivity contribution < 1.29 is 9.59 Å². The van der Waals surface area contributed by atoms with Crippen LogP contribution in [0.15, 0.2) is 18.7 Å². The number of piperazine rings is 1. The van der Waals surface area contributed by atoms with E-state index in [1.165, 1.54) is 17.7 Å². The third-order valence-electron chi connectivity index (χ3n) is 5.09. The van der Waals surface area contributed by atoms with Crippen molar-refractivity contribution in [3.63, 3.8) is 0 Å². The number of anilines is 1. The maximum absolute atomic E-state index is 13.0. The highest BCUT2D eigenvalue weighted by molar-refractivity contribution is 7.17. The normalized spacial score (nSPS) is 15.2. The molecule has 0 aliphatic carbocycles. The molecule has 3 aromatic heterocycles. The molecule has 1 unspecified atom stereocenters. The molecule has 12 heteroatoms. The summed E-state index contributed by atoms with van der Waals surface area (Å²) in [6.07, 6.45) is 4.84. The number of amides is 2. The van der Waals surface area contributed by atoms with Crippen molar-refractivity contribution >= 4 is 39.4 Å². The van der Waals surface area contributed by atoms with Crippen LogP contribution in [-0.2, 0) is 4.79 Å². The van der Waals surface area contributed by atoms with Gasteiger partial charge in [0, 0.05) is 32.6 Å². The van der Waals surface area contributed by atoms with E-state index in [-0.39, 0.29) is 11.8 Å². The third kappa shape index (κ3) is 5.37. The van der Waals surface area contributed by atoms with Crippen molar-refractivity contribution in [3.05, 3.63) is 29.4 Å². The van der Waals surface area contributed by atoms with Crippen molar-refractivity contribution in [2.24, 2.45) is 5.92 Å². The number of aromatic nitrogens is 5. The van der Waals surface area contributed by atoms with Crippen molar-refractivity contribution in [2.75, 3.05) is 31.1 Å². The number of aromatic amines is 1. The molecular formula is C20H27N9O2S. The first kappa shape index (κ1) is 22.1. The number of imidazole rings is 1. The van der Waals surface area contributed by atoms with E-state index in [0.717, 1.165) is 37.7 Å². The molecule has 1 atom stereocenters. The SMILES string of the molecule is CC(C)CCC(=O)NC(NC(=O)c1cnc(N2CCNCC2)s1)c1nc2ncncc2[nH]1. The fraction of sp³-hybridized carbons (Fsp3) is 0.500. The third-order valence-corrected chi connectivity index (χ3v) is 6.14. The maximum atomic E-state index is 13.0. The molecule has 11 nitrogen and oxygen atoms in total. The molecule has 4 heterocycles. The molecule has 1 aliphatic heterocycles. The first-order valence-electron chi connectivity index (χ1n) is 10.7. The lowest BCUT2D eigenvalue weighted by Gasteiger charge is -2.26. The molecule has 4 N–H and O–H groups in total. The van der Waals surface area contributed by atoms with Crippen LogP contribution in [0.2, 0.25) is 0 Å². The molecular weight excluding hydrogens is 430 g/mol. The summed E-state index contributed by atoms with van der Waals surface area (Å²) < 4.78 is 0. The zero-order valence-electron chi connectivity index (χ0n) is 18.1. The standard InChI is InChI=1S/C20H27N9O2S/c1-12(2)3-4-15(30)26-18(17-25-13-9-22-11-24-16(13)27-17)28-19(31)14-10-23-20(32-14)29-7-5-21-6-8-29/h9-12,18,21H,3-8H2,1-2H3,(H,26,30)(H,28,31)(H,22,24,25,27). The van der Waals surface area contributed by atoms with E-state index in [1.807, 2.05) is 0 Å². The molecule has 0 aromatic carbocycles. The Hall–Kier alpha value is -3.12. The maximum Gasteiger partial charge on any atom is 0.265 e. The molecule has 0 spiro atoms. The van der Waals surface area contributed by atoms with Crippen LogP contribution < -0.4 is 20.9 Å². The fourth-order valence-corrected chi connectivity index (χ4v) is 4.19. The Morgan fingerprint density at radius 2 is 2.00 bits per heavy atom. The number of hydrogen-bond acceptors (Lipinski definition) is 9. The highest BCUT2D eigenvalue weighted by atomic mass is 32.1. The summed E-state index contributed by atoms with van der Waals surface area (Å²) in [7, 11) is 0. The quantitative estimate of drug-likeness (QED) is 0.370. The van der Waals surface area contributed by atoms with Gasteiger partial charge in [0.2, 0.25) is 5.91 Å². The topological polar surface area (TPSA) is 141 Å². The number of fused-ring (bicyclic) bond motifs is 1. The Kier molecular flexibility index (Phi) is 6.90. The minimum Gasteiger partial charge on any atom is -0.346 e. The van der Waals surface area contributed by atoms with Crippen molar-refractivity contribution in [3.8, 4) is 0 Å². The second kappa shape index (κ2) is 10.0. The first-order chi connectivity index (χ1) is 15.5. The number of thiazole rings is 1. The van der Waals surface area contributed by atoms with Crippen LogP contribution in [0, 0.1) is 5.92 Å². The number of nitrogens with zero attached hydrogens (tertiary/aromatic N) is 5. The number of rotatable bonds is 8. The number of carbonyl (C=O) groups excluding carboxylic acids is 2. The zero-order chi connectivity index (χ0) is 22.5. The molecule has 1 saturated heterocycles. The first-order valence-corrected chi connectivity index (χ1v) is 11.5. The summed E-state index contributed by atoms with van der Waals surface area (Å²) in [5, 5.41) is 9.86. The summed E-state index contributed by atoms with van der Waals surface area (Å²) >= 11 is 1.33. The van der Waals surface area contributed by atoms with Crippen molar-refractivity contribution in [2.45, 2.75) is 32.9 Å². The van der Waals surface area contributed by atoms with Gasteiger partial charge >= 0.3 is 0 Å². The van der Waals surface area contributed by atoms with Gasteiger partial charge in [-0.15, -0.1) is 0 Å². The molecule has 0 saturated carbocycles. The molecule has 0 radical (unpaired) electrons. The highest BCUT2D eigenvalue weighted by Crippen LogP contribution is 2.23. The van der Waals surface area contributed by atoms with Crippen LogP contribution in [0.1, 0.15) is 48.4 Å². The van der Waals surface area contributed by atoms with Gasteiger partial charge in [-0.25, -0.2) is 19.9 Å². The van der Waals surface area contributed by atoms with Crippen LogP contribution in [-0.4, -0.2) is 62.9 Å². The van der Waals surface area contributed by atoms with Crippen LogP contribution in [0.25, 0.3) is 11.2 Å². The average Bonchev–Trinajstić information content (AvgIpc) is 3.45. The molecule has 1 fully saturated rings. The summed E-state index contributed by atoms with van der Waals surface area (Å²) in [5.41, 5.74) is 1.08. The predicted octanol–water partition coefficient (Wildman–Crippen LogP) is 1.20. The molecule has 0 bridgehead atoms. The summed E-state index contributed by atoms with van der Waals surface area (Å²) in [6.45, 7) is 7.60. The minimum absolute atomic E-state index is 0.165. The van der Waals surface area contributed by atoms with Gasteiger partial charge in [-0.3, -0.25) is 9.59 Å².